The van der Waals surface area contributed by atoms with E-state index in [4.69, 9.17) is 4.74 Å². The number of rotatable bonds is 2. The summed E-state index contributed by atoms with van der Waals surface area (Å²) in [5.41, 5.74) is 0.547. The van der Waals surface area contributed by atoms with E-state index in [0.717, 1.165) is 6.42 Å². The Morgan fingerprint density at radius 2 is 2.07 bits per heavy atom. The standard InChI is InChI=1S/C11H13IO2/c12-10-3-1-9(2-4-10)7-11(13)5-6-14-8-11/h1-4,13H,5-8H2. The Hall–Kier alpha value is -0.130. The van der Waals surface area contributed by atoms with Gasteiger partial charge in [0.2, 0.25) is 0 Å². The lowest BCUT2D eigenvalue weighted by Crippen LogP contribution is -2.31. The van der Waals surface area contributed by atoms with Gasteiger partial charge in [0.05, 0.1) is 12.2 Å². The first-order valence-corrected chi connectivity index (χ1v) is 5.80. The third kappa shape index (κ3) is 2.46. The summed E-state index contributed by atoms with van der Waals surface area (Å²) in [5, 5.41) is 10.1. The molecule has 1 aromatic carbocycles. The zero-order valence-electron chi connectivity index (χ0n) is 7.87. The van der Waals surface area contributed by atoms with Crippen LogP contribution in [0.4, 0.5) is 0 Å². The van der Waals surface area contributed by atoms with Gasteiger partial charge in [-0.1, -0.05) is 12.1 Å². The molecule has 1 saturated heterocycles. The van der Waals surface area contributed by atoms with Crippen molar-refractivity contribution in [3.8, 4) is 0 Å². The van der Waals surface area contributed by atoms with Crippen molar-refractivity contribution in [2.24, 2.45) is 0 Å². The molecule has 0 saturated carbocycles. The van der Waals surface area contributed by atoms with Crippen molar-refractivity contribution >= 4 is 22.6 Å². The van der Waals surface area contributed by atoms with Crippen LogP contribution < -0.4 is 0 Å². The summed E-state index contributed by atoms with van der Waals surface area (Å²) >= 11 is 2.28. The van der Waals surface area contributed by atoms with Gasteiger partial charge in [-0.3, -0.25) is 0 Å². The molecule has 0 amide bonds. The Labute approximate surface area is 97.4 Å². The number of ether oxygens (including phenoxy) is 1. The van der Waals surface area contributed by atoms with E-state index < -0.39 is 5.60 Å². The second-order valence-electron chi connectivity index (χ2n) is 3.83. The van der Waals surface area contributed by atoms with Gasteiger partial charge in [-0.2, -0.15) is 0 Å². The van der Waals surface area contributed by atoms with E-state index in [1.54, 1.807) is 0 Å². The molecular formula is C11H13IO2. The predicted octanol–water partition coefficient (Wildman–Crippen LogP) is 1.99. The van der Waals surface area contributed by atoms with Gasteiger partial charge in [-0.25, -0.2) is 0 Å². The average Bonchev–Trinajstić information content (AvgIpc) is 2.57. The molecule has 1 aromatic rings. The van der Waals surface area contributed by atoms with Crippen LogP contribution in [0.1, 0.15) is 12.0 Å². The van der Waals surface area contributed by atoms with Gasteiger partial charge < -0.3 is 9.84 Å². The molecule has 2 rings (SSSR count). The number of hydrogen-bond donors (Lipinski definition) is 1. The normalized spacial score (nSPS) is 26.7. The lowest BCUT2D eigenvalue weighted by atomic mass is 9.94. The molecule has 1 unspecified atom stereocenters. The van der Waals surface area contributed by atoms with Crippen LogP contribution in [0.2, 0.25) is 0 Å². The highest BCUT2D eigenvalue weighted by Crippen LogP contribution is 2.23. The summed E-state index contributed by atoms with van der Waals surface area (Å²) in [4.78, 5) is 0. The zero-order chi connectivity index (χ0) is 10.0. The molecule has 1 fully saturated rings. The minimum absolute atomic E-state index is 0.471. The van der Waals surface area contributed by atoms with Crippen LogP contribution in [0.15, 0.2) is 24.3 Å². The third-order valence-electron chi connectivity index (χ3n) is 2.53. The minimum Gasteiger partial charge on any atom is -0.387 e. The van der Waals surface area contributed by atoms with Crippen LogP contribution in [0.5, 0.6) is 0 Å². The largest absolute Gasteiger partial charge is 0.387 e. The maximum atomic E-state index is 10.1. The predicted molar refractivity (Wildman–Crippen MR) is 63.2 cm³/mol. The van der Waals surface area contributed by atoms with Gasteiger partial charge in [0, 0.05) is 23.0 Å². The SMILES string of the molecule is OC1(Cc2ccc(I)cc2)CCOC1. The fourth-order valence-electron chi connectivity index (χ4n) is 1.72. The Balaban J connectivity index is 2.06. The Morgan fingerprint density at radius 1 is 1.36 bits per heavy atom. The van der Waals surface area contributed by atoms with Gasteiger partial charge in [-0.05, 0) is 40.3 Å². The molecule has 0 spiro atoms. The number of aliphatic hydroxyl groups is 1. The number of benzene rings is 1. The van der Waals surface area contributed by atoms with Gasteiger partial charge in [0.15, 0.2) is 0 Å². The molecule has 0 radical (unpaired) electrons. The van der Waals surface area contributed by atoms with Gasteiger partial charge in [0.25, 0.3) is 0 Å². The third-order valence-corrected chi connectivity index (χ3v) is 3.25. The smallest absolute Gasteiger partial charge is 0.0942 e. The van der Waals surface area contributed by atoms with Crippen LogP contribution >= 0.6 is 22.6 Å². The highest BCUT2D eigenvalue weighted by molar-refractivity contribution is 14.1. The summed E-state index contributed by atoms with van der Waals surface area (Å²) in [7, 11) is 0. The molecule has 1 N–H and O–H groups in total. The molecule has 2 nitrogen and oxygen atoms in total. The van der Waals surface area contributed by atoms with E-state index in [1.165, 1.54) is 9.13 Å². The van der Waals surface area contributed by atoms with E-state index in [0.29, 0.717) is 19.6 Å². The summed E-state index contributed by atoms with van der Waals surface area (Å²) in [6.07, 6.45) is 1.45. The lowest BCUT2D eigenvalue weighted by molar-refractivity contribution is 0.0270. The number of hydrogen-bond acceptors (Lipinski definition) is 2. The Kier molecular flexibility index (Phi) is 3.09. The average molecular weight is 304 g/mol. The molecule has 1 atom stereocenters. The van der Waals surface area contributed by atoms with Crippen molar-refractivity contribution in [2.75, 3.05) is 13.2 Å². The molecule has 0 aliphatic carbocycles. The van der Waals surface area contributed by atoms with E-state index in [9.17, 15) is 5.11 Å². The van der Waals surface area contributed by atoms with Crippen LogP contribution in [0, 0.1) is 3.57 Å². The first-order chi connectivity index (χ1) is 6.68. The van der Waals surface area contributed by atoms with Crippen LogP contribution in [-0.4, -0.2) is 23.9 Å². The van der Waals surface area contributed by atoms with E-state index in [-0.39, 0.29) is 0 Å². The topological polar surface area (TPSA) is 29.5 Å². The van der Waals surface area contributed by atoms with Crippen molar-refractivity contribution in [3.05, 3.63) is 33.4 Å². The highest BCUT2D eigenvalue weighted by atomic mass is 127. The number of halogens is 1. The monoisotopic (exact) mass is 304 g/mol. The maximum Gasteiger partial charge on any atom is 0.0942 e. The van der Waals surface area contributed by atoms with E-state index in [2.05, 4.69) is 46.9 Å². The summed E-state index contributed by atoms with van der Waals surface area (Å²) < 4.78 is 6.43. The summed E-state index contributed by atoms with van der Waals surface area (Å²) in [6, 6.07) is 8.26. The van der Waals surface area contributed by atoms with Gasteiger partial charge in [0.1, 0.15) is 0 Å². The van der Waals surface area contributed by atoms with E-state index in [1.807, 2.05) is 0 Å². The molecule has 1 aliphatic rings. The maximum absolute atomic E-state index is 10.1. The van der Waals surface area contributed by atoms with Crippen molar-refractivity contribution in [1.29, 1.82) is 0 Å². The molecule has 1 aliphatic heterocycles. The fourth-order valence-corrected chi connectivity index (χ4v) is 2.08. The van der Waals surface area contributed by atoms with Crippen molar-refractivity contribution in [1.82, 2.24) is 0 Å². The van der Waals surface area contributed by atoms with Crippen molar-refractivity contribution < 1.29 is 9.84 Å². The Bertz CT molecular complexity index is 302. The molecule has 0 aromatic heterocycles. The molecule has 14 heavy (non-hydrogen) atoms. The summed E-state index contributed by atoms with van der Waals surface area (Å²) in [6.45, 7) is 1.15. The van der Waals surface area contributed by atoms with Crippen LogP contribution in [0.25, 0.3) is 0 Å². The second-order valence-corrected chi connectivity index (χ2v) is 5.08. The Morgan fingerprint density at radius 3 is 2.64 bits per heavy atom. The molecule has 0 bridgehead atoms. The van der Waals surface area contributed by atoms with Crippen molar-refractivity contribution in [3.63, 3.8) is 0 Å². The van der Waals surface area contributed by atoms with Gasteiger partial charge >= 0.3 is 0 Å². The van der Waals surface area contributed by atoms with Crippen LogP contribution in [0.3, 0.4) is 0 Å². The second kappa shape index (κ2) is 4.16. The molecular weight excluding hydrogens is 291 g/mol. The molecule has 76 valence electrons. The van der Waals surface area contributed by atoms with Crippen molar-refractivity contribution in [2.45, 2.75) is 18.4 Å². The molecule has 3 heteroatoms. The first kappa shape index (κ1) is 10.4. The van der Waals surface area contributed by atoms with Crippen LogP contribution in [-0.2, 0) is 11.2 Å². The zero-order valence-corrected chi connectivity index (χ0v) is 10.0. The summed E-state index contributed by atoms with van der Waals surface area (Å²) in [5.74, 6) is 0. The lowest BCUT2D eigenvalue weighted by Gasteiger charge is -2.20. The first-order valence-electron chi connectivity index (χ1n) is 4.73. The molecule has 1 heterocycles. The minimum atomic E-state index is -0.632. The quantitative estimate of drug-likeness (QED) is 0.847. The van der Waals surface area contributed by atoms with Gasteiger partial charge in [-0.15, -0.1) is 0 Å². The highest BCUT2D eigenvalue weighted by Gasteiger charge is 2.32. The fraction of sp³-hybridized carbons (Fsp3) is 0.455. The van der Waals surface area contributed by atoms with E-state index >= 15 is 0 Å².